The lowest BCUT2D eigenvalue weighted by atomic mass is 10.2. The molecule has 2 aromatic carbocycles. The summed E-state index contributed by atoms with van der Waals surface area (Å²) >= 11 is 0. The van der Waals surface area contributed by atoms with Gasteiger partial charge >= 0.3 is 5.69 Å². The molecule has 0 spiro atoms. The Morgan fingerprint density at radius 3 is 2.67 bits per heavy atom. The lowest BCUT2D eigenvalue weighted by Gasteiger charge is -2.18. The van der Waals surface area contributed by atoms with E-state index in [1.54, 1.807) is 22.6 Å². The molecule has 0 radical (unpaired) electrons. The molecule has 0 saturated carbocycles. The molecule has 4 heterocycles. The number of aromatic nitrogens is 4. The molecule has 4 aromatic rings. The van der Waals surface area contributed by atoms with Gasteiger partial charge in [-0.1, -0.05) is 12.1 Å². The van der Waals surface area contributed by atoms with Crippen molar-refractivity contribution in [3.05, 3.63) is 52.9 Å². The zero-order valence-electron chi connectivity index (χ0n) is 17.9. The van der Waals surface area contributed by atoms with Crippen molar-refractivity contribution in [2.75, 3.05) is 36.5 Å². The van der Waals surface area contributed by atoms with Gasteiger partial charge in [0.15, 0.2) is 17.3 Å². The highest BCUT2D eigenvalue weighted by atomic mass is 16.6. The molecule has 0 aliphatic carbocycles. The van der Waals surface area contributed by atoms with Gasteiger partial charge in [0.1, 0.15) is 19.8 Å². The molecular formula is C23H22N6O4. The van der Waals surface area contributed by atoms with Gasteiger partial charge in [0.25, 0.3) is 0 Å². The van der Waals surface area contributed by atoms with Crippen molar-refractivity contribution >= 4 is 34.1 Å². The van der Waals surface area contributed by atoms with Crippen LogP contribution in [-0.4, -0.2) is 51.4 Å². The normalized spacial score (nSPS) is 15.3. The number of carbonyl (C=O) groups is 1. The second-order valence-corrected chi connectivity index (χ2v) is 8.12. The van der Waals surface area contributed by atoms with Gasteiger partial charge < -0.3 is 19.7 Å². The van der Waals surface area contributed by atoms with Crippen molar-refractivity contribution in [3.8, 4) is 11.5 Å². The number of fused-ring (bicyclic) bond motifs is 4. The average Bonchev–Trinajstić information content (AvgIpc) is 3.47. The minimum Gasteiger partial charge on any atom is -0.486 e. The zero-order chi connectivity index (χ0) is 22.4. The Morgan fingerprint density at radius 1 is 1.03 bits per heavy atom. The summed E-state index contributed by atoms with van der Waals surface area (Å²) in [5.41, 5.74) is 2.04. The Hall–Kier alpha value is -4.08. The van der Waals surface area contributed by atoms with Crippen LogP contribution in [0.4, 0.5) is 11.5 Å². The molecule has 6 rings (SSSR count). The highest BCUT2D eigenvalue weighted by molar-refractivity contribution is 5.91. The molecular weight excluding hydrogens is 424 g/mol. The number of nitrogens with zero attached hydrogens (tertiary/aromatic N) is 5. The number of anilines is 2. The lowest BCUT2D eigenvalue weighted by Crippen LogP contribution is -2.28. The van der Waals surface area contributed by atoms with Gasteiger partial charge in [-0.15, -0.1) is 5.10 Å². The summed E-state index contributed by atoms with van der Waals surface area (Å²) in [5.74, 6) is 1.54. The van der Waals surface area contributed by atoms with E-state index in [1.165, 1.54) is 4.68 Å². The first kappa shape index (κ1) is 19.6. The minimum absolute atomic E-state index is 0.220. The van der Waals surface area contributed by atoms with Crippen molar-refractivity contribution < 1.29 is 14.3 Å². The fourth-order valence-corrected chi connectivity index (χ4v) is 4.38. The molecule has 1 amide bonds. The Balaban J connectivity index is 1.35. The molecule has 1 saturated heterocycles. The molecule has 168 valence electrons. The predicted molar refractivity (Wildman–Crippen MR) is 122 cm³/mol. The summed E-state index contributed by atoms with van der Waals surface area (Å²) in [5, 5.41) is 7.33. The van der Waals surface area contributed by atoms with Gasteiger partial charge in [-0.3, -0.25) is 4.79 Å². The molecule has 0 unspecified atom stereocenters. The summed E-state index contributed by atoms with van der Waals surface area (Å²) in [6.45, 7) is 2.48. The van der Waals surface area contributed by atoms with Crippen molar-refractivity contribution in [1.29, 1.82) is 0 Å². The molecule has 1 fully saturated rings. The van der Waals surface area contributed by atoms with E-state index in [0.717, 1.165) is 25.9 Å². The van der Waals surface area contributed by atoms with Gasteiger partial charge in [-0.25, -0.2) is 18.9 Å². The van der Waals surface area contributed by atoms with Crippen LogP contribution in [0, 0.1) is 0 Å². The number of hydrogen-bond donors (Lipinski definition) is 1. The van der Waals surface area contributed by atoms with Crippen molar-refractivity contribution in [3.63, 3.8) is 0 Å². The third-order valence-electron chi connectivity index (χ3n) is 5.91. The van der Waals surface area contributed by atoms with Crippen LogP contribution in [0.25, 0.3) is 16.7 Å². The molecule has 0 atom stereocenters. The number of carbonyl (C=O) groups excluding carboxylic acids is 1. The number of rotatable bonds is 4. The smallest absolute Gasteiger partial charge is 0.351 e. The summed E-state index contributed by atoms with van der Waals surface area (Å²) in [6.07, 6.45) is 2.15. The van der Waals surface area contributed by atoms with E-state index in [-0.39, 0.29) is 18.1 Å². The number of benzene rings is 2. The van der Waals surface area contributed by atoms with Gasteiger partial charge in [-0.05, 0) is 37.1 Å². The average molecular weight is 446 g/mol. The lowest BCUT2D eigenvalue weighted by molar-refractivity contribution is -0.117. The molecule has 2 aliphatic heterocycles. The Bertz CT molecular complexity index is 1440. The highest BCUT2D eigenvalue weighted by Gasteiger charge is 2.23. The van der Waals surface area contributed by atoms with Crippen LogP contribution in [0.3, 0.4) is 0 Å². The van der Waals surface area contributed by atoms with E-state index in [0.29, 0.717) is 52.9 Å². The first-order valence-corrected chi connectivity index (χ1v) is 11.0. The zero-order valence-corrected chi connectivity index (χ0v) is 17.9. The third kappa shape index (κ3) is 3.43. The molecule has 2 aliphatic rings. The van der Waals surface area contributed by atoms with Crippen molar-refractivity contribution in [1.82, 2.24) is 19.2 Å². The van der Waals surface area contributed by atoms with Crippen LogP contribution < -0.4 is 25.4 Å². The van der Waals surface area contributed by atoms with Gasteiger partial charge in [0.05, 0.1) is 11.0 Å². The number of nitrogens with one attached hydrogen (secondary N) is 1. The van der Waals surface area contributed by atoms with Crippen LogP contribution in [0.1, 0.15) is 12.8 Å². The van der Waals surface area contributed by atoms with Crippen molar-refractivity contribution in [2.45, 2.75) is 19.4 Å². The third-order valence-corrected chi connectivity index (χ3v) is 5.91. The number of ether oxygens (including phenoxy) is 2. The van der Waals surface area contributed by atoms with Gasteiger partial charge in [0, 0.05) is 24.8 Å². The SMILES string of the molecule is O=C(Cn1nc2c(N3CCCC3)nc3ccccc3n2c1=O)Nc1ccc2c(c1)OCCO2. The van der Waals surface area contributed by atoms with Gasteiger partial charge in [-0.2, -0.15) is 0 Å². The van der Waals surface area contributed by atoms with E-state index in [2.05, 4.69) is 15.3 Å². The second-order valence-electron chi connectivity index (χ2n) is 8.12. The topological polar surface area (TPSA) is 103 Å². The summed E-state index contributed by atoms with van der Waals surface area (Å²) in [6, 6.07) is 12.7. The van der Waals surface area contributed by atoms with E-state index in [9.17, 15) is 9.59 Å². The predicted octanol–water partition coefficient (Wildman–Crippen LogP) is 2.05. The summed E-state index contributed by atoms with van der Waals surface area (Å²) in [7, 11) is 0. The van der Waals surface area contributed by atoms with Crippen LogP contribution in [0.5, 0.6) is 11.5 Å². The van der Waals surface area contributed by atoms with Crippen LogP contribution >= 0.6 is 0 Å². The van der Waals surface area contributed by atoms with Crippen LogP contribution in [0.15, 0.2) is 47.3 Å². The Kier molecular flexibility index (Phi) is 4.63. The number of hydrogen-bond acceptors (Lipinski definition) is 7. The fraction of sp³-hybridized carbons (Fsp3) is 0.304. The summed E-state index contributed by atoms with van der Waals surface area (Å²) < 4.78 is 13.8. The Morgan fingerprint density at radius 2 is 1.82 bits per heavy atom. The molecule has 2 aromatic heterocycles. The maximum Gasteiger partial charge on any atom is 0.351 e. The minimum atomic E-state index is -0.374. The highest BCUT2D eigenvalue weighted by Crippen LogP contribution is 2.32. The molecule has 1 N–H and O–H groups in total. The largest absolute Gasteiger partial charge is 0.486 e. The van der Waals surface area contributed by atoms with Crippen LogP contribution in [0.2, 0.25) is 0 Å². The quantitative estimate of drug-likeness (QED) is 0.512. The fourth-order valence-electron chi connectivity index (χ4n) is 4.38. The molecule has 0 bridgehead atoms. The molecule has 10 heteroatoms. The Labute approximate surface area is 188 Å². The monoisotopic (exact) mass is 446 g/mol. The molecule has 33 heavy (non-hydrogen) atoms. The second kappa shape index (κ2) is 7.80. The maximum atomic E-state index is 13.3. The van der Waals surface area contributed by atoms with Gasteiger partial charge in [0.2, 0.25) is 11.6 Å². The maximum absolute atomic E-state index is 13.3. The van der Waals surface area contributed by atoms with Crippen LogP contribution in [-0.2, 0) is 11.3 Å². The van der Waals surface area contributed by atoms with E-state index < -0.39 is 0 Å². The number of para-hydroxylation sites is 2. The van der Waals surface area contributed by atoms with E-state index in [4.69, 9.17) is 14.5 Å². The van der Waals surface area contributed by atoms with E-state index >= 15 is 0 Å². The first-order valence-electron chi connectivity index (χ1n) is 11.0. The first-order chi connectivity index (χ1) is 16.2. The summed E-state index contributed by atoms with van der Waals surface area (Å²) in [4.78, 5) is 33.0. The van der Waals surface area contributed by atoms with Crippen molar-refractivity contribution in [2.24, 2.45) is 0 Å². The van der Waals surface area contributed by atoms with E-state index in [1.807, 2.05) is 24.3 Å². The number of amides is 1. The molecule has 10 nitrogen and oxygen atoms in total. The standard InChI is InChI=1S/C23H22N6O4/c30-20(24-15-7-8-18-19(13-15)33-12-11-32-18)14-28-23(31)29-17-6-2-1-5-16(17)25-21(22(29)26-28)27-9-3-4-10-27/h1-2,5-8,13H,3-4,9-12,14H2,(H,24,30).